The third kappa shape index (κ3) is 2.27. The molecule has 0 saturated heterocycles. The molecule has 2 rings (SSSR count). The van der Waals surface area contributed by atoms with Crippen LogP contribution in [0.1, 0.15) is 36.8 Å². The molecule has 1 aromatic rings. The highest BCUT2D eigenvalue weighted by atomic mass is 19.1. The van der Waals surface area contributed by atoms with E-state index in [1.54, 1.807) is 0 Å². The van der Waals surface area contributed by atoms with Gasteiger partial charge in [0.2, 0.25) is 0 Å². The van der Waals surface area contributed by atoms with Gasteiger partial charge in [0, 0.05) is 24.6 Å². The maximum atomic E-state index is 14.2. The van der Waals surface area contributed by atoms with Gasteiger partial charge in [-0.15, -0.1) is 0 Å². The van der Waals surface area contributed by atoms with Crippen LogP contribution in [0.5, 0.6) is 0 Å². The Labute approximate surface area is 106 Å². The largest absolute Gasteiger partial charge is 0.380 e. The van der Waals surface area contributed by atoms with E-state index in [2.05, 4.69) is 0 Å². The van der Waals surface area contributed by atoms with Crippen LogP contribution in [0.15, 0.2) is 12.1 Å². The normalized spacial score (nSPS) is 18.2. The Bertz CT molecular complexity index is 428. The molecule has 1 aliphatic carbocycles. The zero-order valence-electron chi connectivity index (χ0n) is 10.6. The molecule has 100 valence electrons. The summed E-state index contributed by atoms with van der Waals surface area (Å²) in [7, 11) is 1.46. The first kappa shape index (κ1) is 13.4. The zero-order valence-corrected chi connectivity index (χ0v) is 10.6. The highest BCUT2D eigenvalue weighted by Crippen LogP contribution is 2.41. The van der Waals surface area contributed by atoms with Crippen molar-refractivity contribution in [2.45, 2.75) is 37.7 Å². The van der Waals surface area contributed by atoms with Gasteiger partial charge in [0.25, 0.3) is 0 Å². The fraction of sp³-hybridized carbons (Fsp3) is 0.571. The molecule has 2 nitrogen and oxygen atoms in total. The van der Waals surface area contributed by atoms with E-state index in [-0.39, 0.29) is 23.4 Å². The van der Waals surface area contributed by atoms with Gasteiger partial charge in [-0.2, -0.15) is 0 Å². The van der Waals surface area contributed by atoms with Crippen LogP contribution in [-0.4, -0.2) is 13.7 Å². The lowest BCUT2D eigenvalue weighted by Crippen LogP contribution is -2.33. The predicted octanol–water partition coefficient (Wildman–Crippen LogP) is 2.88. The van der Waals surface area contributed by atoms with Crippen LogP contribution in [0, 0.1) is 11.6 Å². The molecule has 0 atom stereocenters. The third-order valence-corrected chi connectivity index (χ3v) is 3.96. The Morgan fingerprint density at radius 1 is 1.22 bits per heavy atom. The van der Waals surface area contributed by atoms with Gasteiger partial charge < -0.3 is 10.5 Å². The summed E-state index contributed by atoms with van der Waals surface area (Å²) in [6.07, 6.45) is 3.73. The molecule has 0 radical (unpaired) electrons. The summed E-state index contributed by atoms with van der Waals surface area (Å²) in [5.74, 6) is -0.774. The Morgan fingerprint density at radius 2 is 1.89 bits per heavy atom. The quantitative estimate of drug-likeness (QED) is 0.897. The van der Waals surface area contributed by atoms with Gasteiger partial charge in [0.05, 0.1) is 6.61 Å². The van der Waals surface area contributed by atoms with Crippen LogP contribution in [0.4, 0.5) is 8.78 Å². The number of rotatable bonds is 4. The van der Waals surface area contributed by atoms with Gasteiger partial charge >= 0.3 is 0 Å². The summed E-state index contributed by atoms with van der Waals surface area (Å²) in [4.78, 5) is 0. The number of halogens is 2. The lowest BCUT2D eigenvalue weighted by molar-refractivity contribution is 0.181. The van der Waals surface area contributed by atoms with Gasteiger partial charge in [-0.3, -0.25) is 0 Å². The minimum absolute atomic E-state index is 0.0820. The summed E-state index contributed by atoms with van der Waals surface area (Å²) in [6, 6.07) is 2.55. The summed E-state index contributed by atoms with van der Waals surface area (Å²) < 4.78 is 32.9. The maximum Gasteiger partial charge on any atom is 0.129 e. The number of hydrogen-bond donors (Lipinski definition) is 1. The molecule has 1 fully saturated rings. The van der Waals surface area contributed by atoms with E-state index in [0.717, 1.165) is 25.7 Å². The van der Waals surface area contributed by atoms with Crippen molar-refractivity contribution in [3.8, 4) is 0 Å². The van der Waals surface area contributed by atoms with Gasteiger partial charge in [-0.05, 0) is 30.5 Å². The van der Waals surface area contributed by atoms with Gasteiger partial charge in [0.1, 0.15) is 11.6 Å². The molecule has 0 amide bonds. The second kappa shape index (κ2) is 5.33. The smallest absolute Gasteiger partial charge is 0.129 e. The van der Waals surface area contributed by atoms with E-state index < -0.39 is 5.82 Å². The molecule has 0 aliphatic heterocycles. The first-order valence-corrected chi connectivity index (χ1v) is 6.30. The van der Waals surface area contributed by atoms with E-state index in [4.69, 9.17) is 10.5 Å². The summed E-state index contributed by atoms with van der Waals surface area (Å²) in [6.45, 7) is 0.450. The van der Waals surface area contributed by atoms with Crippen LogP contribution in [-0.2, 0) is 16.8 Å². The van der Waals surface area contributed by atoms with Crippen molar-refractivity contribution in [1.29, 1.82) is 0 Å². The van der Waals surface area contributed by atoms with Crippen LogP contribution >= 0.6 is 0 Å². The number of benzene rings is 1. The number of ether oxygens (including phenoxy) is 1. The molecule has 0 bridgehead atoms. The molecule has 1 saturated carbocycles. The topological polar surface area (TPSA) is 35.2 Å². The molecule has 0 aromatic heterocycles. The van der Waals surface area contributed by atoms with Crippen molar-refractivity contribution in [3.63, 3.8) is 0 Å². The van der Waals surface area contributed by atoms with Crippen LogP contribution in [0.3, 0.4) is 0 Å². The molecule has 0 unspecified atom stereocenters. The Balaban J connectivity index is 2.42. The second-order valence-corrected chi connectivity index (χ2v) is 5.05. The molecular formula is C14H19F2NO. The lowest BCUT2D eigenvalue weighted by atomic mass is 9.78. The summed E-state index contributed by atoms with van der Waals surface area (Å²) >= 11 is 0. The van der Waals surface area contributed by atoms with Crippen LogP contribution in [0.25, 0.3) is 0 Å². The molecule has 0 heterocycles. The predicted molar refractivity (Wildman–Crippen MR) is 66.3 cm³/mol. The lowest BCUT2D eigenvalue weighted by Gasteiger charge is -2.28. The number of methoxy groups -OCH3 is 1. The minimum Gasteiger partial charge on any atom is -0.380 e. The first-order valence-electron chi connectivity index (χ1n) is 6.30. The van der Waals surface area contributed by atoms with Crippen molar-refractivity contribution < 1.29 is 13.5 Å². The average molecular weight is 255 g/mol. The van der Waals surface area contributed by atoms with Crippen LogP contribution in [0.2, 0.25) is 0 Å². The molecule has 4 heteroatoms. The van der Waals surface area contributed by atoms with E-state index in [0.29, 0.717) is 12.1 Å². The van der Waals surface area contributed by atoms with E-state index in [1.165, 1.54) is 19.2 Å². The van der Waals surface area contributed by atoms with Gasteiger partial charge in [0.15, 0.2) is 0 Å². The zero-order chi connectivity index (χ0) is 13.2. The van der Waals surface area contributed by atoms with E-state index in [9.17, 15) is 8.78 Å². The number of hydrogen-bond acceptors (Lipinski definition) is 2. The fourth-order valence-electron chi connectivity index (χ4n) is 2.90. The monoisotopic (exact) mass is 255 g/mol. The summed E-state index contributed by atoms with van der Waals surface area (Å²) in [5, 5.41) is 0. The van der Waals surface area contributed by atoms with Crippen molar-refractivity contribution >= 4 is 0 Å². The third-order valence-electron chi connectivity index (χ3n) is 3.96. The molecule has 1 aromatic carbocycles. The molecular weight excluding hydrogens is 236 g/mol. The molecule has 2 N–H and O–H groups in total. The van der Waals surface area contributed by atoms with Gasteiger partial charge in [-0.25, -0.2) is 8.78 Å². The molecule has 0 spiro atoms. The summed E-state index contributed by atoms with van der Waals surface area (Å²) in [5.41, 5.74) is 6.11. The van der Waals surface area contributed by atoms with Crippen molar-refractivity contribution in [3.05, 3.63) is 34.9 Å². The standard InChI is InChI=1S/C14H19F2NO/c1-18-8-10-6-13(16)11(7-12(10)15)14(9-17)4-2-3-5-14/h6-7H,2-5,8-9,17H2,1H3. The van der Waals surface area contributed by atoms with E-state index >= 15 is 0 Å². The van der Waals surface area contributed by atoms with Crippen LogP contribution < -0.4 is 5.73 Å². The van der Waals surface area contributed by atoms with Crippen molar-refractivity contribution in [1.82, 2.24) is 0 Å². The Morgan fingerprint density at radius 3 is 2.44 bits per heavy atom. The second-order valence-electron chi connectivity index (χ2n) is 5.05. The highest BCUT2D eigenvalue weighted by Gasteiger charge is 2.37. The Kier molecular flexibility index (Phi) is 3.97. The SMILES string of the molecule is COCc1cc(F)c(C2(CN)CCCC2)cc1F. The van der Waals surface area contributed by atoms with Crippen molar-refractivity contribution in [2.75, 3.05) is 13.7 Å². The minimum atomic E-state index is -0.409. The molecule has 18 heavy (non-hydrogen) atoms. The fourth-order valence-corrected chi connectivity index (χ4v) is 2.90. The first-order chi connectivity index (χ1) is 8.63. The maximum absolute atomic E-state index is 14.2. The number of nitrogens with two attached hydrogens (primary N) is 1. The molecule has 1 aliphatic rings. The highest BCUT2D eigenvalue weighted by molar-refractivity contribution is 5.33. The van der Waals surface area contributed by atoms with E-state index in [1.807, 2.05) is 0 Å². The Hall–Kier alpha value is -1.00. The van der Waals surface area contributed by atoms with Gasteiger partial charge in [-0.1, -0.05) is 12.8 Å². The average Bonchev–Trinajstić information content (AvgIpc) is 2.83. The van der Waals surface area contributed by atoms with Crippen molar-refractivity contribution in [2.24, 2.45) is 5.73 Å².